The molecule has 50 valence electrons. The Balaban J connectivity index is 2.50. The highest BCUT2D eigenvalue weighted by Gasteiger charge is 2.18. The molecule has 0 fully saturated rings. The van der Waals surface area contributed by atoms with E-state index in [1.807, 2.05) is 0 Å². The molecule has 0 bridgehead atoms. The molecule has 1 N–H and O–H groups in total. The van der Waals surface area contributed by atoms with E-state index in [-0.39, 0.29) is 4.92 Å². The molecule has 0 spiro atoms. The molecule has 1 aliphatic heterocycles. The normalized spacial score (nSPS) is 26.0. The molecule has 5 nitrogen and oxygen atoms in total. The minimum Gasteiger partial charge on any atom is -0.291 e. The third-order valence-electron chi connectivity index (χ3n) is 1.10. The molecule has 0 radical (unpaired) electrons. The van der Waals surface area contributed by atoms with Crippen LogP contribution < -0.4 is 5.32 Å². The molecule has 5 heteroatoms. The quantitative estimate of drug-likeness (QED) is 0.374. The Morgan fingerprint density at radius 1 is 1.89 bits per heavy atom. The number of nitrogens with zero attached hydrogens (tertiary/aromatic N) is 2. The molecule has 0 aliphatic carbocycles. The summed E-state index contributed by atoms with van der Waals surface area (Å²) in [6, 6.07) is -0.626. The molecule has 0 saturated carbocycles. The van der Waals surface area contributed by atoms with Crippen molar-refractivity contribution in [2.75, 3.05) is 13.2 Å². The second-order valence-corrected chi connectivity index (χ2v) is 1.80. The van der Waals surface area contributed by atoms with E-state index in [0.29, 0.717) is 13.2 Å². The average molecular weight is 129 g/mol. The molecular formula is C4H7N3O2. The number of hydrogen-bond donors (Lipinski definition) is 1. The number of nitro groups is 1. The standard InChI is InChI=1S/C4H7N3O2/c8-7(9)4-1-5-3-6-2-4/h1,4,6H,2-3H2. The van der Waals surface area contributed by atoms with Crippen LogP contribution in [0, 0.1) is 10.1 Å². The smallest absolute Gasteiger partial charge is 0.259 e. The predicted octanol–water partition coefficient (Wildman–Crippen LogP) is -0.737. The van der Waals surface area contributed by atoms with E-state index in [2.05, 4.69) is 10.3 Å². The van der Waals surface area contributed by atoms with Crippen molar-refractivity contribution in [2.45, 2.75) is 6.04 Å². The van der Waals surface area contributed by atoms with Gasteiger partial charge in [0.1, 0.15) is 0 Å². The van der Waals surface area contributed by atoms with Crippen LogP contribution in [0.2, 0.25) is 0 Å². The van der Waals surface area contributed by atoms with E-state index in [1.54, 1.807) is 0 Å². The van der Waals surface area contributed by atoms with Gasteiger partial charge in [0.05, 0.1) is 19.4 Å². The second kappa shape index (κ2) is 2.54. The SMILES string of the molecule is O=[N+]([O-])C1C=NCNC1. The minimum atomic E-state index is -0.626. The molecule has 0 saturated heterocycles. The van der Waals surface area contributed by atoms with Gasteiger partial charge < -0.3 is 0 Å². The van der Waals surface area contributed by atoms with Gasteiger partial charge in [-0.25, -0.2) is 0 Å². The summed E-state index contributed by atoms with van der Waals surface area (Å²) in [5, 5.41) is 12.8. The molecule has 1 rings (SSSR count). The number of nitrogens with one attached hydrogen (secondary N) is 1. The molecular weight excluding hydrogens is 122 g/mol. The molecule has 1 unspecified atom stereocenters. The molecule has 0 aromatic rings. The molecule has 0 aromatic heterocycles. The Labute approximate surface area is 51.9 Å². The average Bonchev–Trinajstić information content (AvgIpc) is 1.90. The minimum absolute atomic E-state index is 0.352. The summed E-state index contributed by atoms with van der Waals surface area (Å²) >= 11 is 0. The lowest BCUT2D eigenvalue weighted by Crippen LogP contribution is -2.38. The largest absolute Gasteiger partial charge is 0.291 e. The van der Waals surface area contributed by atoms with Crippen molar-refractivity contribution in [3.05, 3.63) is 10.1 Å². The summed E-state index contributed by atoms with van der Waals surface area (Å²) in [6.07, 6.45) is 1.37. The third-order valence-corrected chi connectivity index (χ3v) is 1.10. The molecule has 1 aliphatic rings. The van der Waals surface area contributed by atoms with Gasteiger partial charge in [0.15, 0.2) is 0 Å². The molecule has 9 heavy (non-hydrogen) atoms. The fourth-order valence-corrected chi connectivity index (χ4v) is 0.633. The first kappa shape index (κ1) is 6.15. The van der Waals surface area contributed by atoms with E-state index in [0.717, 1.165) is 0 Å². The van der Waals surface area contributed by atoms with E-state index in [1.165, 1.54) is 6.21 Å². The van der Waals surface area contributed by atoms with Crippen molar-refractivity contribution < 1.29 is 4.92 Å². The van der Waals surface area contributed by atoms with E-state index in [4.69, 9.17) is 0 Å². The first-order valence-corrected chi connectivity index (χ1v) is 2.65. The predicted molar refractivity (Wildman–Crippen MR) is 32.1 cm³/mol. The molecule has 0 aromatic carbocycles. The fraction of sp³-hybridized carbons (Fsp3) is 0.750. The van der Waals surface area contributed by atoms with Crippen molar-refractivity contribution in [2.24, 2.45) is 4.99 Å². The van der Waals surface area contributed by atoms with Crippen molar-refractivity contribution in [1.82, 2.24) is 5.32 Å². The lowest BCUT2D eigenvalue weighted by Gasteiger charge is -2.08. The second-order valence-electron chi connectivity index (χ2n) is 1.80. The van der Waals surface area contributed by atoms with Gasteiger partial charge in [-0.15, -0.1) is 0 Å². The van der Waals surface area contributed by atoms with Crippen molar-refractivity contribution >= 4 is 6.21 Å². The van der Waals surface area contributed by atoms with Crippen molar-refractivity contribution in [3.63, 3.8) is 0 Å². The maximum atomic E-state index is 10.0. The van der Waals surface area contributed by atoms with Crippen LogP contribution in [0.15, 0.2) is 4.99 Å². The molecule has 1 heterocycles. The van der Waals surface area contributed by atoms with Gasteiger partial charge in [0.2, 0.25) is 0 Å². The fourth-order valence-electron chi connectivity index (χ4n) is 0.633. The monoisotopic (exact) mass is 129 g/mol. The highest BCUT2D eigenvalue weighted by atomic mass is 16.6. The summed E-state index contributed by atoms with van der Waals surface area (Å²) in [7, 11) is 0. The lowest BCUT2D eigenvalue weighted by atomic mass is 10.3. The van der Waals surface area contributed by atoms with Crippen LogP contribution in [-0.2, 0) is 0 Å². The van der Waals surface area contributed by atoms with Crippen LogP contribution >= 0.6 is 0 Å². The molecule has 1 atom stereocenters. The number of hydrogen-bond acceptors (Lipinski definition) is 4. The van der Waals surface area contributed by atoms with E-state index >= 15 is 0 Å². The van der Waals surface area contributed by atoms with Crippen LogP contribution in [0.4, 0.5) is 0 Å². The van der Waals surface area contributed by atoms with Gasteiger partial charge in [0.25, 0.3) is 6.04 Å². The maximum absolute atomic E-state index is 10.0. The summed E-state index contributed by atoms with van der Waals surface area (Å²) in [5.74, 6) is 0. The van der Waals surface area contributed by atoms with Gasteiger partial charge in [-0.3, -0.25) is 20.4 Å². The Morgan fingerprint density at radius 2 is 2.67 bits per heavy atom. The van der Waals surface area contributed by atoms with Crippen LogP contribution in [0.3, 0.4) is 0 Å². The summed E-state index contributed by atoms with van der Waals surface area (Å²) < 4.78 is 0. The number of aliphatic imine (C=N–C) groups is 1. The van der Waals surface area contributed by atoms with Crippen molar-refractivity contribution in [3.8, 4) is 0 Å². The van der Waals surface area contributed by atoms with Crippen LogP contribution in [0.5, 0.6) is 0 Å². The summed E-state index contributed by atoms with van der Waals surface area (Å²) in [5.41, 5.74) is 0. The first-order valence-electron chi connectivity index (χ1n) is 2.65. The Hall–Kier alpha value is -0.970. The molecule has 0 amide bonds. The first-order chi connectivity index (χ1) is 4.30. The van der Waals surface area contributed by atoms with Gasteiger partial charge in [0, 0.05) is 4.92 Å². The zero-order valence-corrected chi connectivity index (χ0v) is 4.78. The highest BCUT2D eigenvalue weighted by Crippen LogP contribution is 1.88. The Kier molecular flexibility index (Phi) is 1.74. The van der Waals surface area contributed by atoms with Gasteiger partial charge in [-0.1, -0.05) is 0 Å². The third kappa shape index (κ3) is 1.46. The number of rotatable bonds is 1. The van der Waals surface area contributed by atoms with Crippen molar-refractivity contribution in [1.29, 1.82) is 0 Å². The van der Waals surface area contributed by atoms with Gasteiger partial charge >= 0.3 is 0 Å². The Morgan fingerprint density at radius 3 is 3.00 bits per heavy atom. The van der Waals surface area contributed by atoms with Crippen LogP contribution in [0.25, 0.3) is 0 Å². The zero-order valence-electron chi connectivity index (χ0n) is 4.78. The summed E-state index contributed by atoms with van der Waals surface area (Å²) in [4.78, 5) is 13.4. The topological polar surface area (TPSA) is 67.5 Å². The van der Waals surface area contributed by atoms with Crippen LogP contribution in [0.1, 0.15) is 0 Å². The maximum Gasteiger partial charge on any atom is 0.259 e. The summed E-state index contributed by atoms with van der Waals surface area (Å²) in [6.45, 7) is 0.904. The lowest BCUT2D eigenvalue weighted by molar-refractivity contribution is -0.500. The van der Waals surface area contributed by atoms with Gasteiger partial charge in [-0.05, 0) is 0 Å². The van der Waals surface area contributed by atoms with E-state index < -0.39 is 6.04 Å². The Bertz CT molecular complexity index is 145. The van der Waals surface area contributed by atoms with Gasteiger partial charge in [-0.2, -0.15) is 0 Å². The van der Waals surface area contributed by atoms with Crippen LogP contribution in [-0.4, -0.2) is 30.4 Å². The van der Waals surface area contributed by atoms with E-state index in [9.17, 15) is 10.1 Å². The zero-order chi connectivity index (χ0) is 6.69. The highest BCUT2D eigenvalue weighted by molar-refractivity contribution is 5.63.